The van der Waals surface area contributed by atoms with Gasteiger partial charge in [-0.15, -0.1) is 0 Å². The van der Waals surface area contributed by atoms with E-state index in [-0.39, 0.29) is 9.79 Å². The second-order valence-corrected chi connectivity index (χ2v) is 6.52. The maximum absolute atomic E-state index is 13.3. The Balaban J connectivity index is 2.61. The Labute approximate surface area is 124 Å². The highest BCUT2D eigenvalue weighted by Gasteiger charge is 2.23. The minimum absolute atomic E-state index is 0.0258. The molecule has 21 heavy (non-hydrogen) atoms. The minimum atomic E-state index is -3.74. The topological polar surface area (TPSA) is 37.4 Å². The van der Waals surface area contributed by atoms with Gasteiger partial charge in [-0.3, -0.25) is 0 Å². The molecule has 0 saturated carbocycles. The van der Waals surface area contributed by atoms with Gasteiger partial charge in [-0.25, -0.2) is 12.8 Å². The van der Waals surface area contributed by atoms with E-state index in [1.807, 2.05) is 18.7 Å². The lowest BCUT2D eigenvalue weighted by Gasteiger charge is -2.23. The Morgan fingerprint density at radius 1 is 1.00 bits per heavy atom. The SMILES string of the molecule is CCN(CC)c1ccccc1S(=O)(=O)c1cccc(F)c1. The molecule has 0 aliphatic rings. The van der Waals surface area contributed by atoms with Crippen LogP contribution in [0.15, 0.2) is 58.3 Å². The van der Waals surface area contributed by atoms with Crippen LogP contribution < -0.4 is 4.90 Å². The molecule has 0 amide bonds. The highest BCUT2D eigenvalue weighted by Crippen LogP contribution is 2.30. The van der Waals surface area contributed by atoms with Crippen molar-refractivity contribution in [2.24, 2.45) is 0 Å². The molecule has 0 spiro atoms. The number of hydrogen-bond donors (Lipinski definition) is 0. The molecule has 0 heterocycles. The van der Waals surface area contributed by atoms with E-state index < -0.39 is 15.7 Å². The summed E-state index contributed by atoms with van der Waals surface area (Å²) >= 11 is 0. The normalized spacial score (nSPS) is 11.4. The molecular weight excluding hydrogens is 289 g/mol. The van der Waals surface area contributed by atoms with Crippen LogP contribution in [0.3, 0.4) is 0 Å². The van der Waals surface area contributed by atoms with Crippen LogP contribution in [0.25, 0.3) is 0 Å². The Morgan fingerprint density at radius 2 is 1.67 bits per heavy atom. The minimum Gasteiger partial charge on any atom is -0.371 e. The van der Waals surface area contributed by atoms with Gasteiger partial charge in [-0.05, 0) is 44.2 Å². The average molecular weight is 307 g/mol. The van der Waals surface area contributed by atoms with Crippen LogP contribution >= 0.6 is 0 Å². The van der Waals surface area contributed by atoms with Crippen molar-refractivity contribution in [3.63, 3.8) is 0 Å². The van der Waals surface area contributed by atoms with Gasteiger partial charge < -0.3 is 4.90 Å². The standard InChI is InChI=1S/C16H18FNO2S/c1-3-18(4-2)15-10-5-6-11-16(15)21(19,20)14-9-7-8-13(17)12-14/h5-12H,3-4H2,1-2H3. The van der Waals surface area contributed by atoms with E-state index in [4.69, 9.17) is 0 Å². The van der Waals surface area contributed by atoms with Gasteiger partial charge in [-0.2, -0.15) is 0 Å². The van der Waals surface area contributed by atoms with Gasteiger partial charge in [-0.1, -0.05) is 18.2 Å². The predicted molar refractivity (Wildman–Crippen MR) is 81.9 cm³/mol. The van der Waals surface area contributed by atoms with Crippen molar-refractivity contribution in [2.45, 2.75) is 23.6 Å². The fourth-order valence-corrected chi connectivity index (χ4v) is 3.78. The largest absolute Gasteiger partial charge is 0.371 e. The van der Waals surface area contributed by atoms with Crippen LogP contribution in [0, 0.1) is 5.82 Å². The van der Waals surface area contributed by atoms with Crippen molar-refractivity contribution in [3.05, 3.63) is 54.3 Å². The summed E-state index contributed by atoms with van der Waals surface area (Å²) in [4.78, 5) is 2.15. The molecule has 0 aromatic heterocycles. The molecule has 2 rings (SSSR count). The van der Waals surface area contributed by atoms with Crippen molar-refractivity contribution in [1.82, 2.24) is 0 Å². The summed E-state index contributed by atoms with van der Waals surface area (Å²) in [6.45, 7) is 5.34. The first kappa shape index (κ1) is 15.5. The summed E-state index contributed by atoms with van der Waals surface area (Å²) in [5.41, 5.74) is 0.645. The number of anilines is 1. The predicted octanol–water partition coefficient (Wildman–Crippen LogP) is 3.50. The average Bonchev–Trinajstić information content (AvgIpc) is 2.49. The Morgan fingerprint density at radius 3 is 2.29 bits per heavy atom. The molecule has 0 radical (unpaired) electrons. The summed E-state index contributed by atoms with van der Waals surface area (Å²) in [5, 5.41) is 0. The van der Waals surface area contributed by atoms with Crippen molar-refractivity contribution < 1.29 is 12.8 Å². The molecule has 0 unspecified atom stereocenters. The van der Waals surface area contributed by atoms with Gasteiger partial charge in [0.05, 0.1) is 15.5 Å². The van der Waals surface area contributed by atoms with Crippen molar-refractivity contribution in [1.29, 1.82) is 0 Å². The van der Waals surface area contributed by atoms with Crippen LogP contribution in [0.2, 0.25) is 0 Å². The quantitative estimate of drug-likeness (QED) is 0.848. The summed E-state index contributed by atoms with van der Waals surface area (Å²) < 4.78 is 38.8. The Bertz CT molecular complexity index is 725. The first-order valence-corrected chi connectivity index (χ1v) is 8.33. The summed E-state index contributed by atoms with van der Waals surface area (Å²) in [7, 11) is -3.74. The first-order chi connectivity index (χ1) is 10.0. The van der Waals surface area contributed by atoms with Crippen LogP contribution in [0.5, 0.6) is 0 Å². The van der Waals surface area contributed by atoms with Gasteiger partial charge in [0.25, 0.3) is 0 Å². The number of para-hydroxylation sites is 1. The summed E-state index contributed by atoms with van der Waals surface area (Å²) in [6.07, 6.45) is 0. The fraction of sp³-hybridized carbons (Fsp3) is 0.250. The van der Waals surface area contributed by atoms with Gasteiger partial charge in [0.1, 0.15) is 5.82 Å². The van der Waals surface area contributed by atoms with E-state index >= 15 is 0 Å². The molecule has 0 fully saturated rings. The number of sulfone groups is 1. The lowest BCUT2D eigenvalue weighted by molar-refractivity contribution is 0.590. The molecule has 0 N–H and O–H groups in total. The first-order valence-electron chi connectivity index (χ1n) is 6.85. The molecule has 0 aliphatic heterocycles. The maximum Gasteiger partial charge on any atom is 0.208 e. The van der Waals surface area contributed by atoms with Crippen LogP contribution in [-0.4, -0.2) is 21.5 Å². The monoisotopic (exact) mass is 307 g/mol. The smallest absolute Gasteiger partial charge is 0.208 e. The second kappa shape index (κ2) is 6.26. The molecule has 0 aliphatic carbocycles. The summed E-state index contributed by atoms with van der Waals surface area (Å²) in [5.74, 6) is -0.559. The highest BCUT2D eigenvalue weighted by molar-refractivity contribution is 7.91. The fourth-order valence-electron chi connectivity index (χ4n) is 2.27. The van der Waals surface area contributed by atoms with Crippen LogP contribution in [0.1, 0.15) is 13.8 Å². The third kappa shape index (κ3) is 3.08. The molecule has 5 heteroatoms. The zero-order valence-corrected chi connectivity index (χ0v) is 12.9. The van der Waals surface area contributed by atoms with Crippen molar-refractivity contribution in [3.8, 4) is 0 Å². The van der Waals surface area contributed by atoms with Gasteiger partial charge in [0.15, 0.2) is 0 Å². The molecular formula is C16H18FNO2S. The summed E-state index contributed by atoms with van der Waals surface area (Å²) in [6, 6.07) is 11.9. The van der Waals surface area contributed by atoms with Gasteiger partial charge in [0.2, 0.25) is 9.84 Å². The third-order valence-corrected chi connectivity index (χ3v) is 5.16. The van der Waals surface area contributed by atoms with E-state index in [0.29, 0.717) is 18.8 Å². The number of nitrogens with zero attached hydrogens (tertiary/aromatic N) is 1. The van der Waals surface area contributed by atoms with Crippen LogP contribution in [-0.2, 0) is 9.84 Å². The lowest BCUT2D eigenvalue weighted by Crippen LogP contribution is -2.24. The number of halogens is 1. The molecule has 0 bridgehead atoms. The lowest BCUT2D eigenvalue weighted by atomic mass is 10.3. The molecule has 3 nitrogen and oxygen atoms in total. The van der Waals surface area contributed by atoms with E-state index in [9.17, 15) is 12.8 Å². The van der Waals surface area contributed by atoms with Crippen molar-refractivity contribution in [2.75, 3.05) is 18.0 Å². The van der Waals surface area contributed by atoms with Gasteiger partial charge in [0, 0.05) is 13.1 Å². The van der Waals surface area contributed by atoms with E-state index in [1.165, 1.54) is 18.2 Å². The number of benzene rings is 2. The van der Waals surface area contributed by atoms with Crippen molar-refractivity contribution >= 4 is 15.5 Å². The van der Waals surface area contributed by atoms with Crippen LogP contribution in [0.4, 0.5) is 10.1 Å². The zero-order chi connectivity index (χ0) is 15.5. The number of hydrogen-bond acceptors (Lipinski definition) is 3. The maximum atomic E-state index is 13.3. The van der Waals surface area contributed by atoms with E-state index in [1.54, 1.807) is 24.3 Å². The zero-order valence-electron chi connectivity index (χ0n) is 12.1. The second-order valence-electron chi connectivity index (χ2n) is 4.60. The Hall–Kier alpha value is -1.88. The number of rotatable bonds is 5. The highest BCUT2D eigenvalue weighted by atomic mass is 32.2. The third-order valence-electron chi connectivity index (χ3n) is 3.37. The molecule has 2 aromatic rings. The molecule has 112 valence electrons. The van der Waals surface area contributed by atoms with E-state index in [0.717, 1.165) is 6.07 Å². The van der Waals surface area contributed by atoms with E-state index in [2.05, 4.69) is 0 Å². The van der Waals surface area contributed by atoms with Gasteiger partial charge >= 0.3 is 0 Å². The molecule has 0 atom stereocenters. The molecule has 0 saturated heterocycles. The Kier molecular flexibility index (Phi) is 4.63. The molecule has 2 aromatic carbocycles.